The van der Waals surface area contributed by atoms with E-state index in [0.29, 0.717) is 28.0 Å². The van der Waals surface area contributed by atoms with Gasteiger partial charge in [-0.3, -0.25) is 4.79 Å². The zero-order valence-corrected chi connectivity index (χ0v) is 15.1. The number of benzene rings is 1. The van der Waals surface area contributed by atoms with E-state index in [0.717, 1.165) is 5.56 Å². The Balaban J connectivity index is 1.59. The quantitative estimate of drug-likeness (QED) is 0.581. The Bertz CT molecular complexity index is 965. The van der Waals surface area contributed by atoms with Crippen LogP contribution in [0.15, 0.2) is 35.1 Å². The molecule has 0 radical (unpaired) electrons. The van der Waals surface area contributed by atoms with Gasteiger partial charge in [-0.15, -0.1) is 0 Å². The number of hydrogen-bond acceptors (Lipinski definition) is 8. The number of fused-ring (bicyclic) bond motifs is 1. The lowest BCUT2D eigenvalue weighted by Gasteiger charge is -2.07. The van der Waals surface area contributed by atoms with Crippen LogP contribution in [0.5, 0.6) is 5.75 Å². The average molecular weight is 375 g/mol. The highest BCUT2D eigenvalue weighted by atomic mass is 32.1. The molecule has 0 unspecified atom stereocenters. The molecule has 0 fully saturated rings. The Hall–Kier alpha value is -2.78. The van der Waals surface area contributed by atoms with E-state index in [1.807, 2.05) is 19.1 Å². The molecule has 0 amide bonds. The van der Waals surface area contributed by atoms with Crippen molar-refractivity contribution in [3.63, 3.8) is 0 Å². The fourth-order valence-electron chi connectivity index (χ4n) is 2.12. The van der Waals surface area contributed by atoms with E-state index in [4.69, 9.17) is 14.2 Å². The smallest absolute Gasteiger partial charge is 0.344 e. The summed E-state index contributed by atoms with van der Waals surface area (Å²) in [4.78, 5) is 28.6. The summed E-state index contributed by atoms with van der Waals surface area (Å²) in [7, 11) is 1.55. The fraction of sp³-hybridized carbons (Fsp3) is 0.294. The van der Waals surface area contributed by atoms with Gasteiger partial charge in [-0.1, -0.05) is 29.0 Å². The van der Waals surface area contributed by atoms with Gasteiger partial charge in [0.2, 0.25) is 4.96 Å². The van der Waals surface area contributed by atoms with Crippen LogP contribution in [0.3, 0.4) is 0 Å². The molecule has 0 spiro atoms. The lowest BCUT2D eigenvalue weighted by atomic mass is 10.2. The van der Waals surface area contributed by atoms with Crippen LogP contribution < -0.4 is 10.3 Å². The second-order valence-corrected chi connectivity index (χ2v) is 6.51. The molecule has 0 saturated carbocycles. The van der Waals surface area contributed by atoms with E-state index in [9.17, 15) is 9.59 Å². The SMILES string of the molecule is COCc1nn2c(=O)cc(COC(=O)COc3ccc(C)cc3)nc2s1. The van der Waals surface area contributed by atoms with Gasteiger partial charge in [0.1, 0.15) is 17.4 Å². The molecule has 8 nitrogen and oxygen atoms in total. The van der Waals surface area contributed by atoms with E-state index in [-0.39, 0.29) is 18.8 Å². The molecule has 2 aromatic heterocycles. The number of aryl methyl sites for hydroxylation is 1. The van der Waals surface area contributed by atoms with Gasteiger partial charge in [-0.05, 0) is 19.1 Å². The van der Waals surface area contributed by atoms with Crippen LogP contribution in [0, 0.1) is 6.92 Å². The van der Waals surface area contributed by atoms with Crippen LogP contribution in [0.2, 0.25) is 0 Å². The summed E-state index contributed by atoms with van der Waals surface area (Å²) in [6.45, 7) is 1.93. The van der Waals surface area contributed by atoms with Crippen LogP contribution >= 0.6 is 11.3 Å². The number of nitrogens with zero attached hydrogens (tertiary/aromatic N) is 3. The maximum absolute atomic E-state index is 12.1. The summed E-state index contributed by atoms with van der Waals surface area (Å²) in [5.74, 6) is 0.0395. The summed E-state index contributed by atoms with van der Waals surface area (Å²) in [6, 6.07) is 8.62. The summed E-state index contributed by atoms with van der Waals surface area (Å²) >= 11 is 1.24. The number of rotatable bonds is 7. The Morgan fingerprint density at radius 3 is 2.73 bits per heavy atom. The van der Waals surface area contributed by atoms with Crippen molar-refractivity contribution >= 4 is 22.3 Å². The highest BCUT2D eigenvalue weighted by Crippen LogP contribution is 2.13. The normalized spacial score (nSPS) is 10.8. The van der Waals surface area contributed by atoms with Crippen LogP contribution in [0.1, 0.15) is 16.3 Å². The number of carbonyl (C=O) groups excluding carboxylic acids is 1. The molecule has 26 heavy (non-hydrogen) atoms. The number of ether oxygens (including phenoxy) is 3. The first-order valence-corrected chi connectivity index (χ1v) is 8.59. The van der Waals surface area contributed by atoms with Gasteiger partial charge >= 0.3 is 5.97 Å². The first kappa shape index (κ1) is 18.0. The molecule has 3 aromatic rings. The molecule has 9 heteroatoms. The first-order valence-electron chi connectivity index (χ1n) is 7.78. The minimum absolute atomic E-state index is 0.112. The van der Waals surface area contributed by atoms with Crippen molar-refractivity contribution < 1.29 is 19.0 Å². The summed E-state index contributed by atoms with van der Waals surface area (Å²) in [6.07, 6.45) is 0. The third-order valence-corrected chi connectivity index (χ3v) is 4.25. The molecule has 0 bridgehead atoms. The topological polar surface area (TPSA) is 92.0 Å². The zero-order valence-electron chi connectivity index (χ0n) is 14.3. The predicted molar refractivity (Wildman–Crippen MR) is 94.3 cm³/mol. The van der Waals surface area contributed by atoms with Crippen molar-refractivity contribution in [3.8, 4) is 5.75 Å². The Morgan fingerprint density at radius 2 is 2.00 bits per heavy atom. The molecule has 2 heterocycles. The third kappa shape index (κ3) is 4.44. The van der Waals surface area contributed by atoms with E-state index in [2.05, 4.69) is 10.1 Å². The number of esters is 1. The summed E-state index contributed by atoms with van der Waals surface area (Å²) < 4.78 is 16.7. The Morgan fingerprint density at radius 1 is 1.23 bits per heavy atom. The van der Waals surface area contributed by atoms with Gasteiger partial charge in [-0.25, -0.2) is 9.78 Å². The molecular weight excluding hydrogens is 358 g/mol. The maximum atomic E-state index is 12.1. The lowest BCUT2D eigenvalue weighted by Crippen LogP contribution is -2.18. The summed E-state index contributed by atoms with van der Waals surface area (Å²) in [5, 5.41) is 4.75. The average Bonchev–Trinajstić information content (AvgIpc) is 3.03. The van der Waals surface area contributed by atoms with Crippen LogP contribution in [0.25, 0.3) is 4.96 Å². The number of hydrogen-bond donors (Lipinski definition) is 0. The predicted octanol–water partition coefficient (Wildman–Crippen LogP) is 1.73. The maximum Gasteiger partial charge on any atom is 0.344 e. The van der Waals surface area contributed by atoms with Gasteiger partial charge in [0.05, 0.1) is 12.3 Å². The molecule has 0 aliphatic heterocycles. The van der Waals surface area contributed by atoms with Crippen molar-refractivity contribution in [2.45, 2.75) is 20.1 Å². The van der Waals surface area contributed by atoms with Crippen molar-refractivity contribution in [1.29, 1.82) is 0 Å². The number of carbonyl (C=O) groups is 1. The van der Waals surface area contributed by atoms with Crippen LogP contribution in [-0.2, 0) is 27.5 Å². The van der Waals surface area contributed by atoms with Gasteiger partial charge in [0.15, 0.2) is 6.61 Å². The second kappa shape index (κ2) is 8.07. The minimum Gasteiger partial charge on any atom is -0.482 e. The van der Waals surface area contributed by atoms with Crippen molar-refractivity contribution in [1.82, 2.24) is 14.6 Å². The molecule has 0 saturated heterocycles. The molecule has 0 atom stereocenters. The van der Waals surface area contributed by atoms with E-state index in [1.54, 1.807) is 19.2 Å². The second-order valence-electron chi connectivity index (χ2n) is 5.47. The van der Waals surface area contributed by atoms with Crippen LogP contribution in [0.4, 0.5) is 0 Å². The van der Waals surface area contributed by atoms with Crippen LogP contribution in [-0.4, -0.2) is 34.3 Å². The standard InChI is InChI=1S/C17H17N3O5S/c1-11-3-5-13(6-4-11)24-10-16(22)25-8-12-7-15(21)20-17(18-12)26-14(19-20)9-23-2/h3-7H,8-10H2,1-2H3. The van der Waals surface area contributed by atoms with Crippen molar-refractivity contribution in [2.24, 2.45) is 0 Å². The van der Waals surface area contributed by atoms with E-state index in [1.165, 1.54) is 21.9 Å². The number of methoxy groups -OCH3 is 1. The van der Waals surface area contributed by atoms with Gasteiger partial charge < -0.3 is 14.2 Å². The Kier molecular flexibility index (Phi) is 5.59. The van der Waals surface area contributed by atoms with Gasteiger partial charge in [0, 0.05) is 13.2 Å². The molecule has 0 aliphatic rings. The lowest BCUT2D eigenvalue weighted by molar-refractivity contribution is -0.147. The van der Waals surface area contributed by atoms with Crippen molar-refractivity contribution in [3.05, 3.63) is 57.0 Å². The van der Waals surface area contributed by atoms with Gasteiger partial charge in [0.25, 0.3) is 5.56 Å². The first-order chi connectivity index (χ1) is 12.5. The Labute approximate surface area is 153 Å². The molecule has 3 rings (SSSR count). The fourth-order valence-corrected chi connectivity index (χ4v) is 3.01. The highest BCUT2D eigenvalue weighted by Gasteiger charge is 2.11. The minimum atomic E-state index is -0.544. The van der Waals surface area contributed by atoms with Gasteiger partial charge in [-0.2, -0.15) is 9.61 Å². The van der Waals surface area contributed by atoms with E-state index >= 15 is 0 Å². The molecule has 0 aliphatic carbocycles. The molecule has 1 aromatic carbocycles. The number of aromatic nitrogens is 3. The summed E-state index contributed by atoms with van der Waals surface area (Å²) in [5.41, 5.74) is 1.12. The highest BCUT2D eigenvalue weighted by molar-refractivity contribution is 7.16. The third-order valence-electron chi connectivity index (χ3n) is 3.37. The monoisotopic (exact) mass is 375 g/mol. The van der Waals surface area contributed by atoms with Crippen molar-refractivity contribution in [2.75, 3.05) is 13.7 Å². The molecule has 136 valence electrons. The largest absolute Gasteiger partial charge is 0.482 e. The van der Waals surface area contributed by atoms with E-state index < -0.39 is 5.97 Å². The molecule has 0 N–H and O–H groups in total. The molecular formula is C17H17N3O5S. The zero-order chi connectivity index (χ0) is 18.5.